The van der Waals surface area contributed by atoms with Crippen LogP contribution in [0.4, 0.5) is 0 Å². The van der Waals surface area contributed by atoms with Crippen molar-refractivity contribution in [2.24, 2.45) is 0 Å². The molecule has 1 amide bonds. The molecule has 80 heavy (non-hydrogen) atoms. The third-order valence-electron chi connectivity index (χ3n) is 17.2. The topological polar surface area (TPSA) is 95.9 Å². The Kier molecular flexibility index (Phi) is 68.4. The van der Waals surface area contributed by atoms with Gasteiger partial charge in [0.2, 0.25) is 5.91 Å². The molecule has 2 atom stereocenters. The van der Waals surface area contributed by atoms with Gasteiger partial charge >= 0.3 is 5.97 Å². The molecular formula is C74H143NO5. The fraction of sp³-hybridized carbons (Fsp3) is 0.919. The van der Waals surface area contributed by atoms with E-state index < -0.39 is 12.1 Å². The minimum atomic E-state index is -0.671. The molecule has 0 fully saturated rings. The van der Waals surface area contributed by atoms with Gasteiger partial charge in [-0.15, -0.1) is 0 Å². The second kappa shape index (κ2) is 69.8. The molecule has 0 aliphatic heterocycles. The van der Waals surface area contributed by atoms with Crippen LogP contribution in [0.5, 0.6) is 0 Å². The molecule has 0 aromatic heterocycles. The normalized spacial score (nSPS) is 12.6. The smallest absolute Gasteiger partial charge is 0.305 e. The SMILES string of the molecule is CCCCCCCC/C=C\CCCCCCCCCC(=O)OCCCCCCCCCCCC/C=C\CCCCCCCCCC(=O)NC(CO)C(O)CCCCCCCCCCCCCCCCCCCCCCCCCCC. The number of amides is 1. The number of aliphatic hydroxyl groups is 2. The van der Waals surface area contributed by atoms with Gasteiger partial charge in [-0.05, 0) is 77.0 Å². The Morgan fingerprint density at radius 3 is 0.887 bits per heavy atom. The fourth-order valence-corrected chi connectivity index (χ4v) is 11.6. The first-order chi connectivity index (χ1) is 39.5. The van der Waals surface area contributed by atoms with E-state index in [-0.39, 0.29) is 18.5 Å². The Labute approximate surface area is 501 Å². The first kappa shape index (κ1) is 78.3. The fourth-order valence-electron chi connectivity index (χ4n) is 11.6. The van der Waals surface area contributed by atoms with Crippen LogP contribution in [0.15, 0.2) is 24.3 Å². The minimum Gasteiger partial charge on any atom is -0.466 e. The average molecular weight is 1130 g/mol. The minimum absolute atomic E-state index is 0.00609. The van der Waals surface area contributed by atoms with E-state index in [9.17, 15) is 19.8 Å². The van der Waals surface area contributed by atoms with E-state index in [4.69, 9.17) is 4.74 Å². The highest BCUT2D eigenvalue weighted by Gasteiger charge is 2.20. The number of aliphatic hydroxyl groups excluding tert-OH is 2. The predicted octanol–water partition coefficient (Wildman–Crippen LogP) is 23.7. The van der Waals surface area contributed by atoms with Crippen LogP contribution in [0.1, 0.15) is 412 Å². The molecule has 0 rings (SSSR count). The number of allylic oxidation sites excluding steroid dienone is 4. The van der Waals surface area contributed by atoms with Gasteiger partial charge < -0.3 is 20.3 Å². The molecule has 0 aliphatic carbocycles. The molecule has 6 heteroatoms. The van der Waals surface area contributed by atoms with Crippen molar-refractivity contribution in [2.45, 2.75) is 424 Å². The lowest BCUT2D eigenvalue weighted by Gasteiger charge is -2.22. The Morgan fingerprint density at radius 1 is 0.338 bits per heavy atom. The summed E-state index contributed by atoms with van der Waals surface area (Å²) >= 11 is 0. The van der Waals surface area contributed by atoms with E-state index in [0.717, 1.165) is 44.9 Å². The summed E-state index contributed by atoms with van der Waals surface area (Å²) in [6.07, 6.45) is 88.0. The zero-order valence-corrected chi connectivity index (χ0v) is 54.3. The van der Waals surface area contributed by atoms with Crippen LogP contribution in [-0.4, -0.2) is 47.4 Å². The molecule has 0 heterocycles. The molecule has 0 spiro atoms. The summed E-state index contributed by atoms with van der Waals surface area (Å²) in [6, 6.07) is -0.549. The van der Waals surface area contributed by atoms with E-state index in [1.54, 1.807) is 0 Å². The summed E-state index contributed by atoms with van der Waals surface area (Å²) in [5.74, 6) is -0.0318. The van der Waals surface area contributed by atoms with Gasteiger partial charge in [0.25, 0.3) is 0 Å². The Bertz CT molecular complexity index is 1250. The van der Waals surface area contributed by atoms with Crippen molar-refractivity contribution in [1.29, 1.82) is 0 Å². The third-order valence-corrected chi connectivity index (χ3v) is 17.2. The van der Waals surface area contributed by atoms with Crippen LogP contribution in [-0.2, 0) is 14.3 Å². The Morgan fingerprint density at radius 2 is 0.588 bits per heavy atom. The molecule has 0 aromatic rings. The molecule has 0 aromatic carbocycles. The Hall–Kier alpha value is -1.66. The van der Waals surface area contributed by atoms with Crippen LogP contribution in [0.25, 0.3) is 0 Å². The number of hydrogen-bond acceptors (Lipinski definition) is 5. The number of esters is 1. The van der Waals surface area contributed by atoms with E-state index in [1.807, 2.05) is 0 Å². The van der Waals surface area contributed by atoms with Crippen LogP contribution < -0.4 is 5.32 Å². The summed E-state index contributed by atoms with van der Waals surface area (Å²) < 4.78 is 5.50. The van der Waals surface area contributed by atoms with Crippen molar-refractivity contribution in [3.05, 3.63) is 24.3 Å². The highest BCUT2D eigenvalue weighted by atomic mass is 16.5. The van der Waals surface area contributed by atoms with Crippen molar-refractivity contribution in [1.82, 2.24) is 5.32 Å². The molecular weight excluding hydrogens is 983 g/mol. The Balaban J connectivity index is 3.41. The predicted molar refractivity (Wildman–Crippen MR) is 352 cm³/mol. The molecule has 3 N–H and O–H groups in total. The maximum absolute atomic E-state index is 12.6. The highest BCUT2D eigenvalue weighted by molar-refractivity contribution is 5.76. The van der Waals surface area contributed by atoms with E-state index >= 15 is 0 Å². The standard InChI is InChI=1S/C74H143NO5/c1-3-5-7-9-11-13-15-17-19-21-22-23-24-25-26-28-31-35-38-42-46-50-54-58-62-66-72(77)71(70-76)75-73(78)67-63-59-55-51-47-43-39-36-32-29-27-30-33-37-41-45-49-53-57-61-65-69-80-74(79)68-64-60-56-52-48-44-40-34-20-18-16-14-12-10-8-6-4-2/h18,20,29,32,71-72,76-77H,3-17,19,21-28,30-31,33-70H2,1-2H3,(H,75,78)/b20-18-,32-29-. The van der Waals surface area contributed by atoms with Crippen molar-refractivity contribution in [3.63, 3.8) is 0 Å². The first-order valence-electron chi connectivity index (χ1n) is 36.6. The van der Waals surface area contributed by atoms with E-state index in [0.29, 0.717) is 25.9 Å². The third kappa shape index (κ3) is 65.5. The monoisotopic (exact) mass is 1130 g/mol. The van der Waals surface area contributed by atoms with Gasteiger partial charge in [0.15, 0.2) is 0 Å². The van der Waals surface area contributed by atoms with E-state index in [1.165, 1.54) is 334 Å². The van der Waals surface area contributed by atoms with Gasteiger partial charge in [0.1, 0.15) is 0 Å². The van der Waals surface area contributed by atoms with Gasteiger partial charge in [-0.2, -0.15) is 0 Å². The van der Waals surface area contributed by atoms with Gasteiger partial charge in [-0.1, -0.05) is 346 Å². The molecule has 474 valence electrons. The lowest BCUT2D eigenvalue weighted by atomic mass is 10.0. The second-order valence-corrected chi connectivity index (χ2v) is 25.3. The first-order valence-corrected chi connectivity index (χ1v) is 36.6. The van der Waals surface area contributed by atoms with Gasteiger partial charge in [0, 0.05) is 12.8 Å². The molecule has 0 saturated carbocycles. The average Bonchev–Trinajstić information content (AvgIpc) is 3.46. The zero-order chi connectivity index (χ0) is 57.8. The molecule has 0 radical (unpaired) electrons. The quantitative estimate of drug-likeness (QED) is 0.0320. The van der Waals surface area contributed by atoms with Crippen LogP contribution in [0.3, 0.4) is 0 Å². The summed E-state index contributed by atoms with van der Waals surface area (Å²) in [5.41, 5.74) is 0. The molecule has 2 unspecified atom stereocenters. The lowest BCUT2D eigenvalue weighted by Crippen LogP contribution is -2.45. The second-order valence-electron chi connectivity index (χ2n) is 25.3. The van der Waals surface area contributed by atoms with Crippen molar-refractivity contribution in [2.75, 3.05) is 13.2 Å². The number of rotatable bonds is 69. The number of hydrogen-bond donors (Lipinski definition) is 3. The summed E-state index contributed by atoms with van der Waals surface area (Å²) in [5, 5.41) is 23.5. The lowest BCUT2D eigenvalue weighted by molar-refractivity contribution is -0.143. The molecule has 0 bridgehead atoms. The summed E-state index contributed by atoms with van der Waals surface area (Å²) in [6.45, 7) is 4.98. The highest BCUT2D eigenvalue weighted by Crippen LogP contribution is 2.19. The molecule has 6 nitrogen and oxygen atoms in total. The largest absolute Gasteiger partial charge is 0.466 e. The van der Waals surface area contributed by atoms with Crippen LogP contribution >= 0.6 is 0 Å². The number of carbonyl (C=O) groups excluding carboxylic acids is 2. The number of nitrogens with one attached hydrogen (secondary N) is 1. The number of ether oxygens (including phenoxy) is 1. The zero-order valence-electron chi connectivity index (χ0n) is 54.3. The number of unbranched alkanes of at least 4 members (excludes halogenated alkanes) is 54. The van der Waals surface area contributed by atoms with Crippen LogP contribution in [0, 0.1) is 0 Å². The molecule has 0 saturated heterocycles. The van der Waals surface area contributed by atoms with Crippen molar-refractivity contribution in [3.8, 4) is 0 Å². The molecule has 0 aliphatic rings. The van der Waals surface area contributed by atoms with Crippen molar-refractivity contribution >= 4 is 11.9 Å². The van der Waals surface area contributed by atoms with Gasteiger partial charge in [-0.25, -0.2) is 0 Å². The summed E-state index contributed by atoms with van der Waals surface area (Å²) in [4.78, 5) is 24.7. The van der Waals surface area contributed by atoms with Gasteiger partial charge in [0.05, 0.1) is 25.4 Å². The number of carbonyl (C=O) groups is 2. The maximum atomic E-state index is 12.6. The van der Waals surface area contributed by atoms with Crippen LogP contribution in [0.2, 0.25) is 0 Å². The van der Waals surface area contributed by atoms with Crippen molar-refractivity contribution < 1.29 is 24.5 Å². The van der Waals surface area contributed by atoms with Gasteiger partial charge in [-0.3, -0.25) is 9.59 Å². The maximum Gasteiger partial charge on any atom is 0.305 e. The summed E-state index contributed by atoms with van der Waals surface area (Å²) in [7, 11) is 0. The van der Waals surface area contributed by atoms with E-state index in [2.05, 4.69) is 43.5 Å².